The normalized spacial score (nSPS) is 53.2. The van der Waals surface area contributed by atoms with E-state index in [1.807, 2.05) is 0 Å². The molecule has 0 bridgehead atoms. The number of aliphatic hydroxyl groups excluding tert-OH is 17. The van der Waals surface area contributed by atoms with Crippen LogP contribution in [0.4, 0.5) is 0 Å². The lowest BCUT2D eigenvalue weighted by Gasteiger charge is -2.44. The largest absolute Gasteiger partial charge is 0.394 e. The lowest BCUT2D eigenvalue weighted by Crippen LogP contribution is -2.63. The first-order chi connectivity index (χ1) is 26.4. The minimum absolute atomic E-state index is 0.669. The van der Waals surface area contributed by atoms with E-state index in [0.29, 0.717) is 0 Å². The van der Waals surface area contributed by atoms with Gasteiger partial charge in [0.1, 0.15) is 122 Å². The molecule has 0 aromatic heterocycles. The third-order valence-electron chi connectivity index (χ3n) is 10.2. The SMILES string of the molecule is OC[C@H]1OC(OC[C@H]2OC(OC[C@H]3OC(OC[C@H]4OC(OC[C@H]5OC(O)[C@H](O)[C@@H](O)[C@H]5O)[C@H](O)[C@@H](O)[C@H]4O)[C@H](O)[C@@H](O)[C@H]3O)[C@H](O)[C@@H](O)[C@H]2O)[C@H](O)[C@@H](O)[C@H]1O. The van der Waals surface area contributed by atoms with E-state index in [9.17, 15) is 86.8 Å². The van der Waals surface area contributed by atoms with Crippen molar-refractivity contribution >= 4 is 0 Å². The molecule has 5 aliphatic heterocycles. The fourth-order valence-corrected chi connectivity index (χ4v) is 6.61. The number of hydrogen-bond donors (Lipinski definition) is 17. The van der Waals surface area contributed by atoms with Gasteiger partial charge < -0.3 is 129 Å². The van der Waals surface area contributed by atoms with Crippen molar-refractivity contribution in [3.8, 4) is 0 Å². The smallest absolute Gasteiger partial charge is 0.186 e. The maximum Gasteiger partial charge on any atom is 0.186 e. The zero-order valence-electron chi connectivity index (χ0n) is 29.2. The first-order valence-corrected chi connectivity index (χ1v) is 17.6. The van der Waals surface area contributed by atoms with E-state index in [2.05, 4.69) is 0 Å². The van der Waals surface area contributed by atoms with Gasteiger partial charge in [0.2, 0.25) is 0 Å². The molecule has 0 spiro atoms. The number of hydrogen-bond acceptors (Lipinski definition) is 26. The second-order valence-electron chi connectivity index (χ2n) is 14.1. The highest BCUT2D eigenvalue weighted by Crippen LogP contribution is 2.30. The summed E-state index contributed by atoms with van der Waals surface area (Å²) in [6, 6.07) is 0. The van der Waals surface area contributed by atoms with Gasteiger partial charge >= 0.3 is 0 Å². The Hall–Kier alpha value is -1.04. The first kappa shape index (κ1) is 46.0. The Balaban J connectivity index is 1.15. The van der Waals surface area contributed by atoms with Crippen LogP contribution in [0.25, 0.3) is 0 Å². The second kappa shape index (κ2) is 19.6. The van der Waals surface area contributed by atoms with Gasteiger partial charge in [0.15, 0.2) is 31.5 Å². The van der Waals surface area contributed by atoms with Crippen LogP contribution in [0.5, 0.6) is 0 Å². The van der Waals surface area contributed by atoms with Gasteiger partial charge in [-0.25, -0.2) is 0 Å². The van der Waals surface area contributed by atoms with E-state index < -0.39 is 187 Å². The quantitative estimate of drug-likeness (QED) is 0.0819. The van der Waals surface area contributed by atoms with Gasteiger partial charge in [0.25, 0.3) is 0 Å². The van der Waals surface area contributed by atoms with Crippen molar-refractivity contribution in [3.63, 3.8) is 0 Å². The van der Waals surface area contributed by atoms with Crippen molar-refractivity contribution in [2.75, 3.05) is 33.0 Å². The molecule has 5 unspecified atom stereocenters. The summed E-state index contributed by atoms with van der Waals surface area (Å²) in [4.78, 5) is 0. The van der Waals surface area contributed by atoms with Crippen molar-refractivity contribution < 1.29 is 129 Å². The Morgan fingerprint density at radius 3 is 0.786 bits per heavy atom. The molecule has 0 saturated carbocycles. The van der Waals surface area contributed by atoms with Crippen LogP contribution in [0.15, 0.2) is 0 Å². The van der Waals surface area contributed by atoms with Gasteiger partial charge in [-0.1, -0.05) is 0 Å². The molecule has 25 atom stereocenters. The summed E-state index contributed by atoms with van der Waals surface area (Å²) in [5.41, 5.74) is 0. The summed E-state index contributed by atoms with van der Waals surface area (Å²) in [7, 11) is 0. The summed E-state index contributed by atoms with van der Waals surface area (Å²) in [5, 5.41) is 173. The molecule has 5 aliphatic rings. The van der Waals surface area contributed by atoms with E-state index in [0.717, 1.165) is 0 Å². The predicted octanol–water partition coefficient (Wildman–Crippen LogP) is -11.9. The maximum atomic E-state index is 10.6. The molecular formula is C30H52O26. The van der Waals surface area contributed by atoms with Gasteiger partial charge in [0, 0.05) is 0 Å². The highest BCUT2D eigenvalue weighted by molar-refractivity contribution is 4.95. The Labute approximate surface area is 316 Å². The molecule has 0 amide bonds. The first-order valence-electron chi connectivity index (χ1n) is 17.6. The third kappa shape index (κ3) is 9.77. The van der Waals surface area contributed by atoms with Crippen molar-refractivity contribution in [1.29, 1.82) is 0 Å². The van der Waals surface area contributed by atoms with Gasteiger partial charge in [-0.15, -0.1) is 0 Å². The lowest BCUT2D eigenvalue weighted by atomic mass is 9.97. The van der Waals surface area contributed by atoms with E-state index in [4.69, 9.17) is 42.6 Å². The topological polar surface area (TPSA) is 427 Å². The highest BCUT2D eigenvalue weighted by atomic mass is 16.8. The molecule has 5 rings (SSSR count). The molecule has 328 valence electrons. The van der Waals surface area contributed by atoms with E-state index in [1.54, 1.807) is 0 Å². The second-order valence-corrected chi connectivity index (χ2v) is 14.1. The number of rotatable bonds is 13. The van der Waals surface area contributed by atoms with E-state index in [-0.39, 0.29) is 0 Å². The molecule has 26 heteroatoms. The van der Waals surface area contributed by atoms with Crippen molar-refractivity contribution in [1.82, 2.24) is 0 Å². The van der Waals surface area contributed by atoms with Gasteiger partial charge in [0.05, 0.1) is 33.0 Å². The summed E-state index contributed by atoms with van der Waals surface area (Å²) >= 11 is 0. The van der Waals surface area contributed by atoms with Crippen LogP contribution in [0.1, 0.15) is 0 Å². The van der Waals surface area contributed by atoms with Crippen LogP contribution >= 0.6 is 0 Å². The van der Waals surface area contributed by atoms with Gasteiger partial charge in [-0.2, -0.15) is 0 Å². The molecule has 0 aromatic rings. The number of ether oxygens (including phenoxy) is 9. The van der Waals surface area contributed by atoms with E-state index >= 15 is 0 Å². The lowest BCUT2D eigenvalue weighted by molar-refractivity contribution is -0.350. The average Bonchev–Trinajstić information content (AvgIpc) is 3.18. The van der Waals surface area contributed by atoms with Crippen LogP contribution < -0.4 is 0 Å². The molecule has 0 aliphatic carbocycles. The van der Waals surface area contributed by atoms with Crippen molar-refractivity contribution in [2.45, 2.75) is 154 Å². The van der Waals surface area contributed by atoms with Crippen LogP contribution in [0.3, 0.4) is 0 Å². The standard InChI is InChI=1S/C30H52O26/c31-1-6-11(32)17(38)22(43)27(53-6)49-3-8-13(34)19(40)24(45)29(55-8)51-5-10-15(36)20(41)25(46)30(56-10)50-4-9-14(35)18(39)23(44)28(54-9)48-2-7-12(33)16(37)21(42)26(47)52-7/h6-47H,1-5H2/t6-,7-,8-,9-,10-,11+,12+,13+,14+,15+,16+,17+,18+,19+,20+,21-,22-,23-,24-,25-,26?,27?,28?,29?,30?/m1/s1. The summed E-state index contributed by atoms with van der Waals surface area (Å²) in [6.45, 7) is -3.57. The summed E-state index contributed by atoms with van der Waals surface area (Å²) < 4.78 is 48.5. The Morgan fingerprint density at radius 2 is 0.500 bits per heavy atom. The number of aliphatic hydroxyl groups is 17. The predicted molar refractivity (Wildman–Crippen MR) is 167 cm³/mol. The molecule has 17 N–H and O–H groups in total. The molecule has 26 nitrogen and oxygen atoms in total. The minimum atomic E-state index is -1.96. The summed E-state index contributed by atoms with van der Waals surface area (Å²) in [6.07, 6.45) is -44.0. The van der Waals surface area contributed by atoms with Crippen molar-refractivity contribution in [2.24, 2.45) is 0 Å². The average molecular weight is 829 g/mol. The molecule has 5 saturated heterocycles. The minimum Gasteiger partial charge on any atom is -0.394 e. The molecule has 5 fully saturated rings. The third-order valence-corrected chi connectivity index (χ3v) is 10.2. The van der Waals surface area contributed by atoms with Crippen molar-refractivity contribution in [3.05, 3.63) is 0 Å². The molecule has 56 heavy (non-hydrogen) atoms. The molecule has 0 radical (unpaired) electrons. The highest BCUT2D eigenvalue weighted by Gasteiger charge is 2.51. The Bertz CT molecular complexity index is 1210. The van der Waals surface area contributed by atoms with Gasteiger partial charge in [-0.3, -0.25) is 0 Å². The van der Waals surface area contributed by atoms with Crippen LogP contribution in [-0.2, 0) is 42.6 Å². The molecule has 0 aromatic carbocycles. The summed E-state index contributed by atoms with van der Waals surface area (Å²) in [5.74, 6) is 0. The zero-order valence-corrected chi connectivity index (χ0v) is 29.2. The fraction of sp³-hybridized carbons (Fsp3) is 1.00. The molecule has 5 heterocycles. The van der Waals surface area contributed by atoms with Crippen LogP contribution in [0, 0.1) is 0 Å². The zero-order chi connectivity index (χ0) is 41.3. The molecular weight excluding hydrogens is 776 g/mol. The van der Waals surface area contributed by atoms with Gasteiger partial charge in [-0.05, 0) is 0 Å². The van der Waals surface area contributed by atoms with E-state index in [1.165, 1.54) is 0 Å². The Morgan fingerprint density at radius 1 is 0.268 bits per heavy atom. The Kier molecular flexibility index (Phi) is 16.1. The maximum absolute atomic E-state index is 10.6. The van der Waals surface area contributed by atoms with Crippen LogP contribution in [-0.4, -0.2) is 273 Å². The van der Waals surface area contributed by atoms with Crippen LogP contribution in [0.2, 0.25) is 0 Å². The monoisotopic (exact) mass is 828 g/mol. The fourth-order valence-electron chi connectivity index (χ4n) is 6.61.